The van der Waals surface area contributed by atoms with Crippen molar-refractivity contribution >= 4 is 5.97 Å². The molecule has 1 atom stereocenters. The van der Waals surface area contributed by atoms with Gasteiger partial charge in [-0.1, -0.05) is 0 Å². The third-order valence-corrected chi connectivity index (χ3v) is 3.55. The Morgan fingerprint density at radius 2 is 2.20 bits per heavy atom. The van der Waals surface area contributed by atoms with E-state index in [9.17, 15) is 15.0 Å². The van der Waals surface area contributed by atoms with Gasteiger partial charge in [-0.05, 0) is 37.5 Å². The summed E-state index contributed by atoms with van der Waals surface area (Å²) in [6, 6.07) is 3.38. The number of benzene rings is 1. The smallest absolute Gasteiger partial charge is 0.305 e. The van der Waals surface area contributed by atoms with Crippen LogP contribution in [-0.4, -0.2) is 35.0 Å². The Morgan fingerprint density at radius 1 is 1.50 bits per heavy atom. The number of aryl methyl sites for hydroxylation is 1. The Kier molecular flexibility index (Phi) is 3.90. The van der Waals surface area contributed by atoms with E-state index in [0.717, 1.165) is 5.56 Å². The molecule has 1 aromatic carbocycles. The Balaban J connectivity index is 2.15. The van der Waals surface area contributed by atoms with Gasteiger partial charge in [0.05, 0.1) is 12.7 Å². The number of methoxy groups -OCH3 is 1. The van der Waals surface area contributed by atoms with Crippen molar-refractivity contribution in [3.63, 3.8) is 0 Å². The molecule has 110 valence electrons. The van der Waals surface area contributed by atoms with Gasteiger partial charge in [0.15, 0.2) is 0 Å². The van der Waals surface area contributed by atoms with E-state index in [0.29, 0.717) is 24.2 Å². The lowest BCUT2D eigenvalue weighted by atomic mass is 9.96. The van der Waals surface area contributed by atoms with E-state index >= 15 is 0 Å². The summed E-state index contributed by atoms with van der Waals surface area (Å²) in [4.78, 5) is 11.2. The van der Waals surface area contributed by atoms with Crippen LogP contribution in [0.15, 0.2) is 12.1 Å². The van der Waals surface area contributed by atoms with Gasteiger partial charge in [-0.15, -0.1) is 0 Å². The van der Waals surface area contributed by atoms with Gasteiger partial charge >= 0.3 is 5.97 Å². The molecule has 1 unspecified atom stereocenters. The molecule has 0 aromatic heterocycles. The molecule has 0 fully saturated rings. The first kappa shape index (κ1) is 14.7. The van der Waals surface area contributed by atoms with E-state index in [-0.39, 0.29) is 24.2 Å². The lowest BCUT2D eigenvalue weighted by Crippen LogP contribution is -2.39. The highest BCUT2D eigenvalue weighted by Crippen LogP contribution is 2.37. The minimum Gasteiger partial charge on any atom is -0.508 e. The van der Waals surface area contributed by atoms with Crippen LogP contribution in [0.4, 0.5) is 0 Å². The van der Waals surface area contributed by atoms with E-state index in [1.165, 1.54) is 7.11 Å². The van der Waals surface area contributed by atoms with Gasteiger partial charge < -0.3 is 19.7 Å². The van der Waals surface area contributed by atoms with Crippen LogP contribution >= 0.6 is 0 Å². The molecular formula is C15H20O5. The predicted molar refractivity (Wildman–Crippen MR) is 72.9 cm³/mol. The number of hydrogen-bond acceptors (Lipinski definition) is 5. The fourth-order valence-corrected chi connectivity index (χ4v) is 2.26. The molecule has 2 rings (SSSR count). The highest BCUT2D eigenvalue weighted by Gasteiger charge is 2.35. The van der Waals surface area contributed by atoms with Crippen molar-refractivity contribution in [1.82, 2.24) is 0 Å². The molecule has 5 nitrogen and oxygen atoms in total. The van der Waals surface area contributed by atoms with E-state index in [1.807, 2.05) is 6.07 Å². The molecule has 20 heavy (non-hydrogen) atoms. The number of ether oxygens (including phenoxy) is 2. The summed E-state index contributed by atoms with van der Waals surface area (Å²) >= 11 is 0. The van der Waals surface area contributed by atoms with Crippen molar-refractivity contribution in [2.24, 2.45) is 0 Å². The zero-order chi connectivity index (χ0) is 14.9. The van der Waals surface area contributed by atoms with Gasteiger partial charge in [0, 0.05) is 18.9 Å². The lowest BCUT2D eigenvalue weighted by Gasteiger charge is -2.24. The highest BCUT2D eigenvalue weighted by atomic mass is 16.5. The zero-order valence-corrected chi connectivity index (χ0v) is 12.0. The summed E-state index contributed by atoms with van der Waals surface area (Å²) in [6.07, 6.45) is 0.898. The van der Waals surface area contributed by atoms with Crippen molar-refractivity contribution in [2.75, 3.05) is 7.11 Å². The molecule has 0 bridgehead atoms. The molecular weight excluding hydrogens is 260 g/mol. The van der Waals surface area contributed by atoms with Crippen LogP contribution in [0.2, 0.25) is 0 Å². The van der Waals surface area contributed by atoms with Gasteiger partial charge in [0.1, 0.15) is 17.6 Å². The van der Waals surface area contributed by atoms with Crippen LogP contribution < -0.4 is 4.74 Å². The fourth-order valence-electron chi connectivity index (χ4n) is 2.26. The minimum absolute atomic E-state index is 0.101. The SMILES string of the molecule is COC(=O)CCc1cc2c(cc1O)OC(C(C)(C)O)C2. The summed E-state index contributed by atoms with van der Waals surface area (Å²) in [7, 11) is 1.34. The Labute approximate surface area is 118 Å². The van der Waals surface area contributed by atoms with Gasteiger partial charge in [0.2, 0.25) is 0 Å². The van der Waals surface area contributed by atoms with Crippen molar-refractivity contribution in [2.45, 2.75) is 44.8 Å². The van der Waals surface area contributed by atoms with Gasteiger partial charge in [-0.25, -0.2) is 0 Å². The Morgan fingerprint density at radius 3 is 2.80 bits per heavy atom. The van der Waals surface area contributed by atoms with Gasteiger partial charge in [-0.2, -0.15) is 0 Å². The molecule has 1 aliphatic rings. The summed E-state index contributed by atoms with van der Waals surface area (Å²) in [5.41, 5.74) is 0.685. The number of phenolic OH excluding ortho intramolecular Hbond substituents is 1. The number of hydrogen-bond donors (Lipinski definition) is 2. The van der Waals surface area contributed by atoms with E-state index in [4.69, 9.17) is 4.74 Å². The van der Waals surface area contributed by atoms with Crippen LogP contribution in [0.5, 0.6) is 11.5 Å². The topological polar surface area (TPSA) is 76.0 Å². The summed E-state index contributed by atoms with van der Waals surface area (Å²) in [5.74, 6) is 0.385. The maximum absolute atomic E-state index is 11.2. The van der Waals surface area contributed by atoms with Crippen molar-refractivity contribution in [1.29, 1.82) is 0 Å². The minimum atomic E-state index is -0.944. The predicted octanol–water partition coefficient (Wildman–Crippen LogP) is 1.57. The first-order chi connectivity index (χ1) is 9.31. The Hall–Kier alpha value is -1.75. The lowest BCUT2D eigenvalue weighted by molar-refractivity contribution is -0.140. The quantitative estimate of drug-likeness (QED) is 0.819. The molecule has 0 saturated heterocycles. The third kappa shape index (κ3) is 3.04. The normalized spacial score (nSPS) is 17.5. The van der Waals surface area contributed by atoms with Crippen LogP contribution in [0.25, 0.3) is 0 Å². The average Bonchev–Trinajstić information content (AvgIpc) is 2.78. The summed E-state index contributed by atoms with van der Waals surface area (Å²) < 4.78 is 10.2. The molecule has 2 N–H and O–H groups in total. The number of aromatic hydroxyl groups is 1. The van der Waals surface area contributed by atoms with Crippen LogP contribution in [-0.2, 0) is 22.4 Å². The number of fused-ring (bicyclic) bond motifs is 1. The number of aliphatic hydroxyl groups is 1. The molecule has 0 radical (unpaired) electrons. The fraction of sp³-hybridized carbons (Fsp3) is 0.533. The summed E-state index contributed by atoms with van der Waals surface area (Å²) in [5, 5.41) is 19.9. The van der Waals surface area contributed by atoms with Crippen LogP contribution in [0, 0.1) is 0 Å². The first-order valence-electron chi connectivity index (χ1n) is 6.62. The zero-order valence-electron chi connectivity index (χ0n) is 12.0. The van der Waals surface area contributed by atoms with Gasteiger partial charge in [0.25, 0.3) is 0 Å². The number of carbonyl (C=O) groups is 1. The van der Waals surface area contributed by atoms with E-state index < -0.39 is 5.60 Å². The maximum atomic E-state index is 11.2. The molecule has 5 heteroatoms. The maximum Gasteiger partial charge on any atom is 0.305 e. The number of carbonyl (C=O) groups excluding carboxylic acids is 1. The van der Waals surface area contributed by atoms with Crippen molar-refractivity contribution < 1.29 is 24.5 Å². The second kappa shape index (κ2) is 5.32. The van der Waals surface area contributed by atoms with Crippen LogP contribution in [0.3, 0.4) is 0 Å². The van der Waals surface area contributed by atoms with E-state index in [2.05, 4.69) is 4.74 Å². The number of rotatable bonds is 4. The molecule has 1 aromatic rings. The monoisotopic (exact) mass is 280 g/mol. The average molecular weight is 280 g/mol. The first-order valence-corrected chi connectivity index (χ1v) is 6.62. The Bertz CT molecular complexity index is 516. The summed E-state index contributed by atoms with van der Waals surface area (Å²) in [6.45, 7) is 3.39. The molecule has 1 heterocycles. The molecule has 0 amide bonds. The van der Waals surface area contributed by atoms with Crippen LogP contribution in [0.1, 0.15) is 31.4 Å². The standard InChI is InChI=1S/C15H20O5/c1-15(2,18)13-7-10-6-9(4-5-14(17)19-3)11(16)8-12(10)20-13/h6,8,13,16,18H,4-5,7H2,1-3H3. The third-order valence-electron chi connectivity index (χ3n) is 3.55. The van der Waals surface area contributed by atoms with Crippen molar-refractivity contribution in [3.8, 4) is 11.5 Å². The second-order valence-corrected chi connectivity index (χ2v) is 5.63. The van der Waals surface area contributed by atoms with Crippen molar-refractivity contribution in [3.05, 3.63) is 23.3 Å². The largest absolute Gasteiger partial charge is 0.508 e. The molecule has 0 aliphatic carbocycles. The molecule has 0 spiro atoms. The molecule has 1 aliphatic heterocycles. The molecule has 0 saturated carbocycles. The second-order valence-electron chi connectivity index (χ2n) is 5.63. The number of esters is 1. The highest BCUT2D eigenvalue weighted by molar-refractivity contribution is 5.69. The number of phenols is 1. The van der Waals surface area contributed by atoms with Gasteiger partial charge in [-0.3, -0.25) is 4.79 Å². The van der Waals surface area contributed by atoms with E-state index in [1.54, 1.807) is 19.9 Å².